The maximum absolute atomic E-state index is 2.37. The van der Waals surface area contributed by atoms with E-state index in [9.17, 15) is 0 Å². The highest BCUT2D eigenvalue weighted by molar-refractivity contribution is 7.17. The zero-order valence-corrected chi connectivity index (χ0v) is 74.7. The van der Waals surface area contributed by atoms with Crippen molar-refractivity contribution in [3.8, 4) is 0 Å². The van der Waals surface area contributed by atoms with Gasteiger partial charge in [0.1, 0.15) is 0 Å². The summed E-state index contributed by atoms with van der Waals surface area (Å²) in [7, 11) is 0. The van der Waals surface area contributed by atoms with E-state index in [1.165, 1.54) is 205 Å². The molecule has 0 bridgehead atoms. The molecular formula is C112H76S10. The van der Waals surface area contributed by atoms with Gasteiger partial charge in [0.25, 0.3) is 0 Å². The Kier molecular flexibility index (Phi) is 23.1. The van der Waals surface area contributed by atoms with Crippen molar-refractivity contribution >= 4 is 169 Å². The van der Waals surface area contributed by atoms with Gasteiger partial charge in [-0.3, -0.25) is 0 Å². The molecule has 20 rings (SSSR count). The largest absolute Gasteiger partial charge is 0.141 e. The van der Waals surface area contributed by atoms with Crippen LogP contribution in [0.15, 0.2) is 425 Å². The van der Waals surface area contributed by atoms with E-state index in [1.807, 2.05) is 113 Å². The second-order valence-electron chi connectivity index (χ2n) is 29.5. The van der Waals surface area contributed by atoms with Gasteiger partial charge in [0.05, 0.1) is 0 Å². The van der Waals surface area contributed by atoms with Gasteiger partial charge >= 0.3 is 0 Å². The van der Waals surface area contributed by atoms with E-state index >= 15 is 0 Å². The van der Waals surface area contributed by atoms with Gasteiger partial charge in [-0.25, -0.2) is 0 Å². The molecule has 0 aliphatic carbocycles. The highest BCUT2D eigenvalue weighted by atomic mass is 32.1. The van der Waals surface area contributed by atoms with Gasteiger partial charge in [0, 0.05) is 144 Å². The lowest BCUT2D eigenvalue weighted by atomic mass is 10.0. The summed E-state index contributed by atoms with van der Waals surface area (Å²) in [4.78, 5) is 12.4. The molecule has 20 aromatic rings. The van der Waals surface area contributed by atoms with Crippen LogP contribution in [0, 0.1) is 6.92 Å². The maximum atomic E-state index is 2.37. The summed E-state index contributed by atoms with van der Waals surface area (Å²) >= 11 is 18.8. The number of hydrogen-bond donors (Lipinski definition) is 0. The van der Waals surface area contributed by atoms with Crippen molar-refractivity contribution < 1.29 is 0 Å². The Hall–Kier alpha value is -12.1. The van der Waals surface area contributed by atoms with Crippen molar-refractivity contribution in [2.45, 2.75) is 13.8 Å². The maximum Gasteiger partial charge on any atom is 0.0369 e. The van der Waals surface area contributed by atoms with Crippen molar-refractivity contribution in [2.75, 3.05) is 0 Å². The Balaban J connectivity index is 0.705. The van der Waals surface area contributed by atoms with Crippen LogP contribution in [0.4, 0.5) is 0 Å². The minimum Gasteiger partial charge on any atom is -0.141 e. The Morgan fingerprint density at radius 3 is 0.434 bits per heavy atom. The molecule has 0 spiro atoms. The third kappa shape index (κ3) is 16.4. The fraction of sp³-hybridized carbons (Fsp3) is 0.0179. The summed E-state index contributed by atoms with van der Waals surface area (Å²) in [6.07, 6.45) is 0. The smallest absolute Gasteiger partial charge is 0.0369 e. The molecule has 0 saturated carbocycles. The highest BCUT2D eigenvalue weighted by Crippen LogP contribution is 2.40. The first kappa shape index (κ1) is 78.4. The van der Waals surface area contributed by atoms with E-state index in [2.05, 4.69) is 438 Å². The first-order valence-electron chi connectivity index (χ1n) is 40.5. The molecule has 0 aliphatic rings. The molecule has 0 radical (unpaired) electrons. The van der Waals surface area contributed by atoms with Crippen molar-refractivity contribution in [3.63, 3.8) is 0 Å². The first-order chi connectivity index (χ1) is 60.3. The van der Waals surface area contributed by atoms with E-state index in [0.717, 1.165) is 0 Å². The molecule has 0 N–H and O–H groups in total. The number of aryl methyl sites for hydroxylation is 1. The summed E-state index contributed by atoms with van der Waals surface area (Å²) in [6, 6.07) is 157. The summed E-state index contributed by atoms with van der Waals surface area (Å²) in [6.45, 7) is 4.44. The number of rotatable bonds is 19. The zero-order chi connectivity index (χ0) is 81.7. The fourth-order valence-electron chi connectivity index (χ4n) is 16.0. The third-order valence-electron chi connectivity index (χ3n) is 21.8. The van der Waals surface area contributed by atoms with Crippen LogP contribution in [0.1, 0.15) is 111 Å². The van der Waals surface area contributed by atoms with E-state index in [4.69, 9.17) is 0 Å². The molecule has 10 heteroatoms. The van der Waals surface area contributed by atoms with Crippen LogP contribution in [0.3, 0.4) is 0 Å². The van der Waals surface area contributed by atoms with E-state index in [-0.39, 0.29) is 0 Å². The topological polar surface area (TPSA) is 0 Å². The fourth-order valence-corrected chi connectivity index (χ4v) is 28.0. The van der Waals surface area contributed by atoms with E-state index in [0.29, 0.717) is 0 Å². The molecule has 584 valence electrons. The van der Waals surface area contributed by atoms with Crippen LogP contribution in [0.2, 0.25) is 0 Å². The third-order valence-corrected chi connectivity index (χ3v) is 33.0. The van der Waals surface area contributed by atoms with Crippen molar-refractivity contribution in [3.05, 3.63) is 574 Å². The summed E-state index contributed by atoms with van der Waals surface area (Å²) in [5.41, 5.74) is 24.4. The van der Waals surface area contributed by atoms with Gasteiger partial charge < -0.3 is 0 Å². The highest BCUT2D eigenvalue weighted by Gasteiger charge is 2.23. The molecule has 0 atom stereocenters. The SMILES string of the molecule is C/C(c1ccccc1)=c1/cc/c(=C(\c2ccccc2)c2ccc(/C(c3ccccc3)=c3/cc/c(=C(\c4ccccc4)c4ccc(/C(c5ccccc5)=c5\cc/c(=C(\c6ccccc6)c6ccc(/C(c7ccccc7)=c7/cc/c(=C(\c8ccccc8)c8ccc(/C(c9ccccc9)=c9/cc/c(=C(\c%10ccccc%10)c%10ccc(C)s%10)s9)s8)s7)s6)s5)s4)s3)s2)s1. The van der Waals surface area contributed by atoms with Gasteiger partial charge in [0.2, 0.25) is 0 Å². The van der Waals surface area contributed by atoms with E-state index in [1.54, 1.807) is 0 Å². The van der Waals surface area contributed by atoms with Crippen molar-refractivity contribution in [1.82, 2.24) is 0 Å². The Morgan fingerprint density at radius 1 is 0.131 bits per heavy atom. The summed E-state index contributed by atoms with van der Waals surface area (Å²) < 4.78 is 12.3. The van der Waals surface area contributed by atoms with Crippen LogP contribution in [0.5, 0.6) is 0 Å². The molecule has 10 aromatic heterocycles. The Labute approximate surface area is 749 Å². The molecule has 0 fully saturated rings. The van der Waals surface area contributed by atoms with Crippen LogP contribution in [-0.2, 0) is 0 Å². The number of benzene rings is 10. The average molecular weight is 1740 g/mol. The molecule has 10 aromatic carbocycles. The minimum atomic E-state index is 1.18. The second-order valence-corrected chi connectivity index (χ2v) is 40.6. The quantitative estimate of drug-likeness (QED) is 0.0757. The molecular weight excluding hydrogens is 1670 g/mol. The standard InChI is InChI=1S/C112H76S10/c1-73-53-54-86(113-73)104(76-35-15-4-16-36-76)88-57-58-90(115-88)106(78-39-19-6-20-40-78)92-61-62-94(117-92)108(80-43-23-8-24-44-80)96-65-66-98(119-96)110(82-47-27-10-28-48-82)100-69-70-102(121-100)112(84-51-31-12-32-52-84)103-72-71-101(122-103)111(83-49-29-11-30-50-83)99-68-67-97(120-99)109(81-45-25-9-26-46-81)95-64-63-93(118-95)107(79-41-21-7-22-42-79)91-60-59-89(116-91)105(77-37-17-5-18-38-77)87-56-55-85(114-87)74(2)75-33-13-3-14-34-75/h3-72H,1-2H3/b85-74+,104-88-,105-87-,106-90-,107-93-,108-96-,109-95-,110-98-,111-101+,112-103-. The summed E-state index contributed by atoms with van der Waals surface area (Å²) in [5.74, 6) is 0. The lowest BCUT2D eigenvalue weighted by Crippen LogP contribution is -2.06. The van der Waals surface area contributed by atoms with Gasteiger partial charge in [-0.1, -0.05) is 303 Å². The number of hydrogen-bond acceptors (Lipinski definition) is 10. The Morgan fingerprint density at radius 2 is 0.270 bits per heavy atom. The van der Waals surface area contributed by atoms with Gasteiger partial charge in [-0.05, 0) is 196 Å². The van der Waals surface area contributed by atoms with Crippen LogP contribution in [-0.4, -0.2) is 0 Å². The molecule has 0 nitrogen and oxygen atoms in total. The summed E-state index contributed by atoms with van der Waals surface area (Å²) in [5, 5.41) is 0. The lowest BCUT2D eigenvalue weighted by Gasteiger charge is -2.07. The predicted molar refractivity (Wildman–Crippen MR) is 531 cm³/mol. The second kappa shape index (κ2) is 35.9. The molecule has 122 heavy (non-hydrogen) atoms. The minimum absolute atomic E-state index is 1.18. The van der Waals surface area contributed by atoms with Crippen LogP contribution >= 0.6 is 113 Å². The van der Waals surface area contributed by atoms with Crippen molar-refractivity contribution in [1.29, 1.82) is 0 Å². The predicted octanol–water partition coefficient (Wildman–Crippen LogP) is 24.1. The zero-order valence-electron chi connectivity index (χ0n) is 66.5. The average Bonchev–Trinajstić information content (AvgIpc) is 1.64. The van der Waals surface area contributed by atoms with Crippen LogP contribution in [0.25, 0.3) is 55.7 Å². The number of thiophene rings is 10. The van der Waals surface area contributed by atoms with Crippen LogP contribution < -0.4 is 45.3 Å². The molecule has 0 unspecified atom stereocenters. The lowest BCUT2D eigenvalue weighted by molar-refractivity contribution is 1.55. The van der Waals surface area contributed by atoms with Gasteiger partial charge in [0.15, 0.2) is 0 Å². The van der Waals surface area contributed by atoms with Gasteiger partial charge in [-0.2, -0.15) is 0 Å². The van der Waals surface area contributed by atoms with Gasteiger partial charge in [-0.15, -0.1) is 113 Å². The molecule has 10 heterocycles. The Bertz CT molecular complexity index is 7750. The van der Waals surface area contributed by atoms with Crippen molar-refractivity contribution in [2.24, 2.45) is 0 Å². The monoisotopic (exact) mass is 1740 g/mol. The molecule has 0 saturated heterocycles. The normalized spacial score (nSPS) is 14.1. The molecule has 0 amide bonds. The van der Waals surface area contributed by atoms with E-state index < -0.39 is 0 Å². The first-order valence-corrected chi connectivity index (χ1v) is 48.7. The molecule has 0 aliphatic heterocycles.